The van der Waals surface area contributed by atoms with E-state index in [2.05, 4.69) is 51.1 Å². The minimum absolute atomic E-state index is 0.0915. The van der Waals surface area contributed by atoms with Crippen LogP contribution in [0.25, 0.3) is 0 Å². The number of thioether (sulfide) groups is 1. The third kappa shape index (κ3) is 6.64. The number of aliphatic imine (C=N–C) groups is 1. The summed E-state index contributed by atoms with van der Waals surface area (Å²) in [6.45, 7) is 8.89. The Hall–Kier alpha value is -1.78. The second kappa shape index (κ2) is 11.1. The van der Waals surface area contributed by atoms with Crippen molar-refractivity contribution < 1.29 is 9.47 Å². The van der Waals surface area contributed by atoms with Crippen molar-refractivity contribution in [1.82, 2.24) is 0 Å². The molecule has 0 N–H and O–H groups in total. The largest absolute Gasteiger partial charge is 0.497 e. The first-order valence-electron chi connectivity index (χ1n) is 12.5. The smallest absolute Gasteiger partial charge is 0.118 e. The highest BCUT2D eigenvalue weighted by atomic mass is 32.2. The third-order valence-corrected chi connectivity index (χ3v) is 8.11. The Bertz CT molecular complexity index is 939. The maximum absolute atomic E-state index is 5.57. The van der Waals surface area contributed by atoms with Gasteiger partial charge in [-0.2, -0.15) is 0 Å². The summed E-state index contributed by atoms with van der Waals surface area (Å²) >= 11 is 1.88. The lowest BCUT2D eigenvalue weighted by Crippen LogP contribution is -2.29. The monoisotopic (exact) mass is 465 g/mol. The van der Waals surface area contributed by atoms with Gasteiger partial charge in [0.2, 0.25) is 0 Å². The maximum Gasteiger partial charge on any atom is 0.118 e. The summed E-state index contributed by atoms with van der Waals surface area (Å²) in [4.78, 5) is 6.65. The Morgan fingerprint density at radius 2 is 1.76 bits per heavy atom. The van der Waals surface area contributed by atoms with E-state index in [1.807, 2.05) is 23.9 Å². The number of ether oxygens (including phenoxy) is 2. The third-order valence-electron chi connectivity index (χ3n) is 7.04. The highest BCUT2D eigenvalue weighted by molar-refractivity contribution is 7.98. The molecule has 1 atom stereocenters. The predicted octanol–water partition coefficient (Wildman–Crippen LogP) is 7.88. The molecule has 3 nitrogen and oxygen atoms in total. The van der Waals surface area contributed by atoms with Gasteiger partial charge in [0.1, 0.15) is 5.75 Å². The van der Waals surface area contributed by atoms with Crippen LogP contribution >= 0.6 is 11.8 Å². The van der Waals surface area contributed by atoms with E-state index in [1.165, 1.54) is 59.5 Å². The first-order valence-corrected chi connectivity index (χ1v) is 13.5. The van der Waals surface area contributed by atoms with Crippen LogP contribution in [-0.4, -0.2) is 26.0 Å². The summed E-state index contributed by atoms with van der Waals surface area (Å²) in [5.74, 6) is 3.26. The molecule has 4 rings (SSSR count). The Labute approximate surface area is 204 Å². The standard InChI is InChI=1S/C29H39NO2S/c1-29(2,3)28-24(8-5-21-15-17-32-18-16-21)10-9-23-11-14-26(19-27(23)30-28)33-20-22-6-12-25(31-4)13-7-22/h6-7,11-14,19,21,24H,5,8-10,15-18,20H2,1-4H3. The van der Waals surface area contributed by atoms with Gasteiger partial charge >= 0.3 is 0 Å². The molecular formula is C29H39NO2S. The molecule has 1 fully saturated rings. The average molecular weight is 466 g/mol. The van der Waals surface area contributed by atoms with Gasteiger partial charge in [0.05, 0.1) is 12.8 Å². The number of rotatable bonds is 7. The Balaban J connectivity index is 1.48. The zero-order chi connectivity index (χ0) is 23.3. The van der Waals surface area contributed by atoms with Gasteiger partial charge in [-0.25, -0.2) is 0 Å². The Kier molecular flexibility index (Phi) is 8.19. The van der Waals surface area contributed by atoms with Gasteiger partial charge in [0.15, 0.2) is 0 Å². The molecule has 2 aromatic carbocycles. The Morgan fingerprint density at radius 1 is 1.00 bits per heavy atom. The van der Waals surface area contributed by atoms with Crippen LogP contribution in [0.4, 0.5) is 5.69 Å². The van der Waals surface area contributed by atoms with Crippen molar-refractivity contribution in [3.63, 3.8) is 0 Å². The first-order chi connectivity index (χ1) is 15.9. The van der Waals surface area contributed by atoms with Crippen LogP contribution in [0.15, 0.2) is 52.4 Å². The minimum atomic E-state index is 0.0915. The molecule has 178 valence electrons. The molecule has 2 heterocycles. The van der Waals surface area contributed by atoms with E-state index in [-0.39, 0.29) is 5.41 Å². The number of fused-ring (bicyclic) bond motifs is 1. The van der Waals surface area contributed by atoms with E-state index in [0.29, 0.717) is 5.92 Å². The van der Waals surface area contributed by atoms with Crippen molar-refractivity contribution in [1.29, 1.82) is 0 Å². The van der Waals surface area contributed by atoms with Crippen LogP contribution in [-0.2, 0) is 16.9 Å². The fourth-order valence-corrected chi connectivity index (χ4v) is 5.94. The number of benzene rings is 2. The van der Waals surface area contributed by atoms with Gasteiger partial charge in [0.25, 0.3) is 0 Å². The van der Waals surface area contributed by atoms with Crippen LogP contribution in [0.1, 0.15) is 64.0 Å². The summed E-state index contributed by atoms with van der Waals surface area (Å²) in [5, 5.41) is 0. The van der Waals surface area contributed by atoms with E-state index in [1.54, 1.807) is 7.11 Å². The number of aryl methyl sites for hydroxylation is 1. The van der Waals surface area contributed by atoms with Crippen LogP contribution in [0.3, 0.4) is 0 Å². The zero-order valence-electron chi connectivity index (χ0n) is 20.7. The molecule has 0 radical (unpaired) electrons. The topological polar surface area (TPSA) is 30.8 Å². The average Bonchev–Trinajstić information content (AvgIpc) is 3.01. The molecule has 2 aliphatic heterocycles. The molecule has 2 aromatic rings. The molecule has 0 spiro atoms. The summed E-state index contributed by atoms with van der Waals surface area (Å²) in [7, 11) is 1.71. The fraction of sp³-hybridized carbons (Fsp3) is 0.552. The first kappa shape index (κ1) is 24.3. The van der Waals surface area contributed by atoms with E-state index in [0.717, 1.165) is 37.1 Å². The van der Waals surface area contributed by atoms with Gasteiger partial charge in [-0.15, -0.1) is 11.8 Å². The Morgan fingerprint density at radius 3 is 2.45 bits per heavy atom. The van der Waals surface area contributed by atoms with E-state index in [9.17, 15) is 0 Å². The minimum Gasteiger partial charge on any atom is -0.497 e. The van der Waals surface area contributed by atoms with Crippen molar-refractivity contribution in [2.45, 2.75) is 69.9 Å². The van der Waals surface area contributed by atoms with Crippen molar-refractivity contribution in [2.24, 2.45) is 22.2 Å². The molecule has 1 unspecified atom stereocenters. The van der Waals surface area contributed by atoms with Gasteiger partial charge in [-0.1, -0.05) is 39.0 Å². The second-order valence-corrected chi connectivity index (χ2v) is 11.6. The summed E-state index contributed by atoms with van der Waals surface area (Å²) in [5.41, 5.74) is 5.38. The predicted molar refractivity (Wildman–Crippen MR) is 140 cm³/mol. The molecular weight excluding hydrogens is 426 g/mol. The lowest BCUT2D eigenvalue weighted by molar-refractivity contribution is 0.0624. The number of hydrogen-bond donors (Lipinski definition) is 0. The molecule has 0 amide bonds. The number of nitrogens with zero attached hydrogens (tertiary/aromatic N) is 1. The van der Waals surface area contributed by atoms with E-state index in [4.69, 9.17) is 14.5 Å². The zero-order valence-corrected chi connectivity index (χ0v) is 21.5. The highest BCUT2D eigenvalue weighted by Crippen LogP contribution is 2.38. The van der Waals surface area contributed by atoms with Gasteiger partial charge in [0, 0.05) is 35.0 Å². The molecule has 2 aliphatic rings. The number of hydrogen-bond acceptors (Lipinski definition) is 4. The van der Waals surface area contributed by atoms with Crippen LogP contribution in [0.2, 0.25) is 0 Å². The van der Waals surface area contributed by atoms with Crippen molar-refractivity contribution in [3.8, 4) is 5.75 Å². The summed E-state index contributed by atoms with van der Waals surface area (Å²) in [6, 6.07) is 15.3. The molecule has 0 saturated carbocycles. The van der Waals surface area contributed by atoms with Crippen molar-refractivity contribution >= 4 is 23.2 Å². The van der Waals surface area contributed by atoms with Crippen LogP contribution < -0.4 is 4.74 Å². The van der Waals surface area contributed by atoms with E-state index >= 15 is 0 Å². The van der Waals surface area contributed by atoms with Crippen molar-refractivity contribution in [3.05, 3.63) is 53.6 Å². The fourth-order valence-electron chi connectivity index (χ4n) is 5.06. The summed E-state index contributed by atoms with van der Waals surface area (Å²) < 4.78 is 10.8. The van der Waals surface area contributed by atoms with Crippen molar-refractivity contribution in [2.75, 3.05) is 20.3 Å². The number of methoxy groups -OCH3 is 1. The van der Waals surface area contributed by atoms with Gasteiger partial charge < -0.3 is 9.47 Å². The lowest BCUT2D eigenvalue weighted by atomic mass is 9.77. The van der Waals surface area contributed by atoms with Gasteiger partial charge in [-0.3, -0.25) is 4.99 Å². The maximum atomic E-state index is 5.57. The van der Waals surface area contributed by atoms with Gasteiger partial charge in [-0.05, 0) is 85.8 Å². The second-order valence-electron chi connectivity index (χ2n) is 10.5. The molecule has 1 saturated heterocycles. The lowest BCUT2D eigenvalue weighted by Gasteiger charge is -2.30. The normalized spacial score (nSPS) is 19.5. The summed E-state index contributed by atoms with van der Waals surface area (Å²) in [6.07, 6.45) is 7.36. The quantitative estimate of drug-likeness (QED) is 0.390. The SMILES string of the molecule is COc1ccc(CSc2ccc3c(c2)N=C(C(C)(C)C)C(CCC2CCOCC2)CC3)cc1. The molecule has 4 heteroatoms. The molecule has 0 bridgehead atoms. The van der Waals surface area contributed by atoms with E-state index < -0.39 is 0 Å². The van der Waals surface area contributed by atoms with Crippen LogP contribution in [0, 0.1) is 17.3 Å². The molecule has 0 aliphatic carbocycles. The molecule has 0 aromatic heterocycles. The van der Waals surface area contributed by atoms with Crippen LogP contribution in [0.5, 0.6) is 5.75 Å². The highest BCUT2D eigenvalue weighted by Gasteiger charge is 2.30. The molecule has 33 heavy (non-hydrogen) atoms.